The number of benzene rings is 1. The fraction of sp³-hybridized carbons (Fsp3) is 0.0526. The quantitative estimate of drug-likeness (QED) is 0.340. The third-order valence-electron chi connectivity index (χ3n) is 3.88. The smallest absolute Gasteiger partial charge is 0.272 e. The van der Waals surface area contributed by atoms with Gasteiger partial charge in [-0.2, -0.15) is 0 Å². The van der Waals surface area contributed by atoms with Crippen molar-refractivity contribution in [3.63, 3.8) is 0 Å². The van der Waals surface area contributed by atoms with Crippen molar-refractivity contribution in [3.05, 3.63) is 71.9 Å². The summed E-state index contributed by atoms with van der Waals surface area (Å²) in [6.45, 7) is 1.27. The Hall–Kier alpha value is -2.02. The average molecular weight is 679 g/mol. The van der Waals surface area contributed by atoms with E-state index < -0.39 is 17.7 Å². The van der Waals surface area contributed by atoms with Gasteiger partial charge in [0.1, 0.15) is 5.69 Å². The van der Waals surface area contributed by atoms with Crippen LogP contribution in [0.3, 0.4) is 0 Å². The van der Waals surface area contributed by atoms with Crippen molar-refractivity contribution in [2.24, 2.45) is 0 Å². The number of rotatable bonds is 4. The Labute approximate surface area is 210 Å². The zero-order valence-corrected chi connectivity index (χ0v) is 22.0. The van der Waals surface area contributed by atoms with Gasteiger partial charge in [0.15, 0.2) is 5.82 Å². The number of anilines is 1. The molecule has 0 spiro atoms. The van der Waals surface area contributed by atoms with Crippen molar-refractivity contribution in [1.82, 2.24) is 20.4 Å². The second-order valence-corrected chi connectivity index (χ2v) is 9.66. The summed E-state index contributed by atoms with van der Waals surface area (Å²) < 4.78 is 4.07. The van der Waals surface area contributed by atoms with E-state index in [9.17, 15) is 14.4 Å². The normalized spacial score (nSPS) is 10.5. The Morgan fingerprint density at radius 2 is 1.68 bits per heavy atom. The number of halogens is 4. The highest BCUT2D eigenvalue weighted by Gasteiger charge is 2.22. The minimum Gasteiger partial charge on any atom is -0.319 e. The summed E-state index contributed by atoms with van der Waals surface area (Å²) in [6, 6.07) is 8.44. The van der Waals surface area contributed by atoms with Gasteiger partial charge in [0.25, 0.3) is 11.8 Å². The van der Waals surface area contributed by atoms with E-state index in [1.165, 1.54) is 13.0 Å². The molecule has 0 saturated heterocycles. The average Bonchev–Trinajstić information content (AvgIpc) is 3.09. The number of nitrogens with one attached hydrogen (secondary N) is 3. The van der Waals surface area contributed by atoms with Gasteiger partial charge in [-0.15, -0.1) is 0 Å². The Balaban J connectivity index is 1.99. The molecule has 0 radical (unpaired) electrons. The maximum atomic E-state index is 13.2. The number of amides is 3. The summed E-state index contributed by atoms with van der Waals surface area (Å²) in [5, 5.41) is 2.77. The fourth-order valence-corrected chi connectivity index (χ4v) is 4.80. The lowest BCUT2D eigenvalue weighted by atomic mass is 10.1. The molecule has 0 aliphatic carbocycles. The van der Waals surface area contributed by atoms with Gasteiger partial charge in [0, 0.05) is 32.7 Å². The monoisotopic (exact) mass is 675 g/mol. The first-order valence-corrected chi connectivity index (χ1v) is 11.7. The van der Waals surface area contributed by atoms with E-state index in [0.29, 0.717) is 23.7 Å². The minimum absolute atomic E-state index is 0.138. The summed E-state index contributed by atoms with van der Waals surface area (Å²) in [5.41, 5.74) is 5.19. The summed E-state index contributed by atoms with van der Waals surface area (Å²) in [6.07, 6.45) is 3.33. The molecule has 1 aromatic carbocycles. The van der Waals surface area contributed by atoms with Crippen molar-refractivity contribution >= 4 is 87.1 Å². The predicted octanol–water partition coefficient (Wildman–Crippen LogP) is 4.96. The van der Waals surface area contributed by atoms with E-state index in [1.54, 1.807) is 35.2 Å². The van der Waals surface area contributed by atoms with Gasteiger partial charge in [-0.25, -0.2) is 4.98 Å². The van der Waals surface area contributed by atoms with Crippen LogP contribution in [-0.2, 0) is 4.79 Å². The predicted molar refractivity (Wildman–Crippen MR) is 130 cm³/mol. The molecule has 160 valence electrons. The molecule has 0 aliphatic rings. The molecule has 31 heavy (non-hydrogen) atoms. The van der Waals surface area contributed by atoms with Gasteiger partial charge in [-0.05, 0) is 78.1 Å². The molecule has 0 atom stereocenters. The number of pyridine rings is 1. The van der Waals surface area contributed by atoms with E-state index in [-0.39, 0.29) is 16.9 Å². The lowest BCUT2D eigenvalue weighted by Crippen LogP contribution is -2.40. The van der Waals surface area contributed by atoms with Crippen molar-refractivity contribution < 1.29 is 14.4 Å². The van der Waals surface area contributed by atoms with Crippen LogP contribution < -0.4 is 16.2 Å². The molecule has 0 unspecified atom stereocenters. The number of hydrogen-bond donors (Lipinski definition) is 3. The van der Waals surface area contributed by atoms with E-state index in [1.807, 2.05) is 6.07 Å². The SMILES string of the molecule is CC(=O)NNC(=O)c1cc(Br)cc(Br)c1NC(=O)c1cc(Br)cn1-c1ncccc1Br. The first-order chi connectivity index (χ1) is 14.7. The topological polar surface area (TPSA) is 105 Å². The highest BCUT2D eigenvalue weighted by atomic mass is 79.9. The second kappa shape index (κ2) is 10.1. The van der Waals surface area contributed by atoms with Crippen molar-refractivity contribution in [1.29, 1.82) is 0 Å². The second-order valence-electron chi connectivity index (χ2n) is 6.12. The van der Waals surface area contributed by atoms with Gasteiger partial charge in [-0.1, -0.05) is 15.9 Å². The van der Waals surface area contributed by atoms with E-state index >= 15 is 0 Å². The molecule has 3 rings (SSSR count). The summed E-state index contributed by atoms with van der Waals surface area (Å²) >= 11 is 13.5. The summed E-state index contributed by atoms with van der Waals surface area (Å²) in [4.78, 5) is 41.2. The van der Waals surface area contributed by atoms with Crippen LogP contribution in [0.2, 0.25) is 0 Å². The molecule has 8 nitrogen and oxygen atoms in total. The highest BCUT2D eigenvalue weighted by molar-refractivity contribution is 9.11. The van der Waals surface area contributed by atoms with Gasteiger partial charge in [0.05, 0.1) is 15.7 Å². The van der Waals surface area contributed by atoms with Crippen molar-refractivity contribution in [3.8, 4) is 5.82 Å². The lowest BCUT2D eigenvalue weighted by molar-refractivity contribution is -0.119. The van der Waals surface area contributed by atoms with Crippen LogP contribution >= 0.6 is 63.7 Å². The highest BCUT2D eigenvalue weighted by Crippen LogP contribution is 2.32. The van der Waals surface area contributed by atoms with E-state index in [2.05, 4.69) is 84.9 Å². The molecule has 2 heterocycles. The van der Waals surface area contributed by atoms with Crippen LogP contribution in [0.4, 0.5) is 5.69 Å². The van der Waals surface area contributed by atoms with Crippen molar-refractivity contribution in [2.45, 2.75) is 6.92 Å². The summed E-state index contributed by atoms with van der Waals surface area (Å²) in [5.74, 6) is -0.982. The molecule has 0 fully saturated rings. The Morgan fingerprint density at radius 1 is 0.935 bits per heavy atom. The molecule has 0 saturated carbocycles. The Morgan fingerprint density at radius 3 is 2.35 bits per heavy atom. The van der Waals surface area contributed by atoms with Crippen LogP contribution in [0, 0.1) is 0 Å². The number of aromatic nitrogens is 2. The lowest BCUT2D eigenvalue weighted by Gasteiger charge is -2.15. The molecule has 3 amide bonds. The molecule has 2 aromatic heterocycles. The molecule has 0 aliphatic heterocycles. The number of hydrazine groups is 1. The van der Waals surface area contributed by atoms with Gasteiger partial charge >= 0.3 is 0 Å². The molecular weight excluding hydrogens is 666 g/mol. The molecule has 3 aromatic rings. The molecule has 12 heteroatoms. The third kappa shape index (κ3) is 5.62. The molecule has 3 N–H and O–H groups in total. The van der Waals surface area contributed by atoms with Crippen LogP contribution in [0.1, 0.15) is 27.8 Å². The van der Waals surface area contributed by atoms with Gasteiger partial charge in [0.2, 0.25) is 5.91 Å². The first kappa shape index (κ1) is 23.6. The number of nitrogens with zero attached hydrogens (tertiary/aromatic N) is 2. The number of carbonyl (C=O) groups excluding carboxylic acids is 3. The van der Waals surface area contributed by atoms with E-state index in [0.717, 1.165) is 0 Å². The maximum Gasteiger partial charge on any atom is 0.272 e. The summed E-state index contributed by atoms with van der Waals surface area (Å²) in [7, 11) is 0. The fourth-order valence-electron chi connectivity index (χ4n) is 2.60. The standard InChI is InChI=1S/C19H13Br4N5O3/c1-9(29)26-27-18(30)12-5-10(20)6-14(23)16(12)25-19(31)15-7-11(21)8-28(15)17-13(22)3-2-4-24-17/h2-8H,1H3,(H,25,31)(H,26,29)(H,27,30). The Bertz CT molecular complexity index is 1200. The first-order valence-electron chi connectivity index (χ1n) is 8.53. The zero-order valence-electron chi connectivity index (χ0n) is 15.7. The maximum absolute atomic E-state index is 13.2. The van der Waals surface area contributed by atoms with E-state index in [4.69, 9.17) is 0 Å². The van der Waals surface area contributed by atoms with Crippen LogP contribution in [0.5, 0.6) is 0 Å². The minimum atomic E-state index is -0.600. The van der Waals surface area contributed by atoms with Gasteiger partial charge in [-0.3, -0.25) is 29.8 Å². The van der Waals surface area contributed by atoms with Crippen LogP contribution in [0.25, 0.3) is 5.82 Å². The zero-order chi connectivity index (χ0) is 22.7. The van der Waals surface area contributed by atoms with Crippen molar-refractivity contribution in [2.75, 3.05) is 5.32 Å². The largest absolute Gasteiger partial charge is 0.319 e. The Kier molecular flexibility index (Phi) is 7.68. The number of hydrogen-bond acceptors (Lipinski definition) is 4. The third-order valence-corrected chi connectivity index (χ3v) is 6.01. The molecule has 0 bridgehead atoms. The van der Waals surface area contributed by atoms with Crippen LogP contribution in [-0.4, -0.2) is 27.3 Å². The van der Waals surface area contributed by atoms with Gasteiger partial charge < -0.3 is 5.32 Å². The molecular formula is C19H13Br4N5O3. The number of carbonyl (C=O) groups is 3. The van der Waals surface area contributed by atoms with Crippen LogP contribution in [0.15, 0.2) is 60.6 Å².